The Morgan fingerprint density at radius 1 is 0.952 bits per heavy atom. The van der Waals surface area contributed by atoms with Crippen molar-refractivity contribution in [1.29, 1.82) is 0 Å². The average Bonchev–Trinajstić information content (AvgIpc) is 3.73. The first-order valence-electron chi connectivity index (χ1n) is 14.2. The van der Waals surface area contributed by atoms with Gasteiger partial charge in [-0.15, -0.1) is 0 Å². The standard InChI is InChI=1S/C33H30N8O/c42-31(16-22-2-1-15-41(21-22)28-9-12-34-13-10-28)30-17-24-3-4-25(18-29(24)39-30)33-35-14-11-32(40-33)38-27-7-5-23(6-8-27)26-19-36-37-20-26/h3-14,17-20,22,39H,1-2,15-16,21H2,(H,36,37)(H,35,38,40). The Hall–Kier alpha value is -5.31. The van der Waals surface area contributed by atoms with Gasteiger partial charge in [-0.1, -0.05) is 24.3 Å². The van der Waals surface area contributed by atoms with Gasteiger partial charge in [0.25, 0.3) is 0 Å². The lowest BCUT2D eigenvalue weighted by Gasteiger charge is -2.34. The van der Waals surface area contributed by atoms with Gasteiger partial charge in [0.05, 0.1) is 11.9 Å². The smallest absolute Gasteiger partial charge is 0.179 e. The van der Waals surface area contributed by atoms with E-state index in [1.54, 1.807) is 12.4 Å². The van der Waals surface area contributed by atoms with Gasteiger partial charge in [0.2, 0.25) is 0 Å². The van der Waals surface area contributed by atoms with Crippen LogP contribution in [-0.2, 0) is 0 Å². The van der Waals surface area contributed by atoms with Crippen LogP contribution in [0.4, 0.5) is 17.2 Å². The second kappa shape index (κ2) is 11.3. The summed E-state index contributed by atoms with van der Waals surface area (Å²) in [7, 11) is 0. The van der Waals surface area contributed by atoms with Gasteiger partial charge in [-0.05, 0) is 66.8 Å². The second-order valence-electron chi connectivity index (χ2n) is 10.7. The highest BCUT2D eigenvalue weighted by atomic mass is 16.1. The lowest BCUT2D eigenvalue weighted by Crippen LogP contribution is -2.36. The number of benzene rings is 2. The number of nitrogens with one attached hydrogen (secondary N) is 3. The molecule has 0 spiro atoms. The molecule has 1 saturated heterocycles. The van der Waals surface area contributed by atoms with Crippen molar-refractivity contribution < 1.29 is 4.79 Å². The number of aromatic nitrogens is 6. The minimum absolute atomic E-state index is 0.149. The van der Waals surface area contributed by atoms with Gasteiger partial charge < -0.3 is 15.2 Å². The molecule has 9 nitrogen and oxygen atoms in total. The van der Waals surface area contributed by atoms with Crippen LogP contribution in [0.3, 0.4) is 0 Å². The molecule has 1 atom stereocenters. The van der Waals surface area contributed by atoms with Crippen LogP contribution in [0.2, 0.25) is 0 Å². The molecule has 208 valence electrons. The summed E-state index contributed by atoms with van der Waals surface area (Å²) >= 11 is 0. The SMILES string of the molecule is O=C(CC1CCCN(c2ccncc2)C1)c1cc2ccc(-c3nccc(Nc4ccc(-c5cn[nH]c5)cc4)n3)cc2[nH]1. The molecule has 7 rings (SSSR count). The first-order chi connectivity index (χ1) is 20.7. The largest absolute Gasteiger partial charge is 0.371 e. The molecule has 1 aliphatic rings. The fourth-order valence-electron chi connectivity index (χ4n) is 5.68. The molecule has 5 heterocycles. The number of carbonyl (C=O) groups is 1. The zero-order valence-corrected chi connectivity index (χ0v) is 23.0. The van der Waals surface area contributed by atoms with Crippen molar-refractivity contribution in [3.8, 4) is 22.5 Å². The summed E-state index contributed by atoms with van der Waals surface area (Å²) < 4.78 is 0. The van der Waals surface area contributed by atoms with Crippen LogP contribution in [0.1, 0.15) is 29.8 Å². The van der Waals surface area contributed by atoms with Crippen molar-refractivity contribution in [2.45, 2.75) is 19.3 Å². The number of carbonyl (C=O) groups excluding carboxylic acids is 1. The molecule has 1 aliphatic heterocycles. The van der Waals surface area contributed by atoms with Gasteiger partial charge >= 0.3 is 0 Å². The summed E-state index contributed by atoms with van der Waals surface area (Å²) in [5.41, 5.74) is 6.65. The summed E-state index contributed by atoms with van der Waals surface area (Å²) in [5, 5.41) is 11.2. The maximum absolute atomic E-state index is 13.3. The summed E-state index contributed by atoms with van der Waals surface area (Å²) in [5.74, 6) is 1.78. The molecule has 4 aromatic heterocycles. The number of fused-ring (bicyclic) bond motifs is 1. The molecule has 3 N–H and O–H groups in total. The van der Waals surface area contributed by atoms with Crippen molar-refractivity contribution in [1.82, 2.24) is 30.1 Å². The Bertz CT molecular complexity index is 1810. The monoisotopic (exact) mass is 554 g/mol. The number of pyridine rings is 1. The van der Waals surface area contributed by atoms with Crippen LogP contribution >= 0.6 is 0 Å². The van der Waals surface area contributed by atoms with Crippen LogP contribution in [-0.4, -0.2) is 49.0 Å². The van der Waals surface area contributed by atoms with Crippen molar-refractivity contribution in [2.24, 2.45) is 5.92 Å². The number of aromatic amines is 2. The third kappa shape index (κ3) is 5.49. The van der Waals surface area contributed by atoms with Crippen molar-refractivity contribution in [3.63, 3.8) is 0 Å². The van der Waals surface area contributed by atoms with Crippen LogP contribution in [0.15, 0.2) is 97.7 Å². The fourth-order valence-corrected chi connectivity index (χ4v) is 5.68. The molecule has 9 heteroatoms. The average molecular weight is 555 g/mol. The number of ketones is 1. The number of piperidine rings is 1. The van der Waals surface area contributed by atoms with E-state index in [1.807, 2.05) is 85.3 Å². The van der Waals surface area contributed by atoms with Crippen LogP contribution < -0.4 is 10.2 Å². The highest BCUT2D eigenvalue weighted by molar-refractivity contribution is 6.00. The number of H-pyrrole nitrogens is 2. The number of Topliss-reactive ketones (excluding diaryl/α,β-unsaturated/α-hetero) is 1. The predicted octanol–water partition coefficient (Wildman–Crippen LogP) is 6.64. The van der Waals surface area contributed by atoms with E-state index in [0.29, 0.717) is 29.7 Å². The minimum Gasteiger partial charge on any atom is -0.371 e. The van der Waals surface area contributed by atoms with Gasteiger partial charge in [0.15, 0.2) is 11.6 Å². The normalized spacial score (nSPS) is 15.1. The van der Waals surface area contributed by atoms with E-state index >= 15 is 0 Å². The van der Waals surface area contributed by atoms with E-state index in [1.165, 1.54) is 5.69 Å². The Balaban J connectivity index is 1.04. The zero-order chi connectivity index (χ0) is 28.3. The molecule has 42 heavy (non-hydrogen) atoms. The molecular weight excluding hydrogens is 524 g/mol. The molecule has 0 saturated carbocycles. The summed E-state index contributed by atoms with van der Waals surface area (Å²) in [4.78, 5) is 32.4. The molecule has 0 bridgehead atoms. The molecule has 1 fully saturated rings. The van der Waals surface area contributed by atoms with E-state index in [4.69, 9.17) is 4.98 Å². The van der Waals surface area contributed by atoms with Gasteiger partial charge in [0, 0.05) is 77.7 Å². The molecule has 6 aromatic rings. The summed E-state index contributed by atoms with van der Waals surface area (Å²) in [6.45, 7) is 1.90. The number of rotatable bonds is 8. The van der Waals surface area contributed by atoms with Gasteiger partial charge in [0.1, 0.15) is 5.82 Å². The van der Waals surface area contributed by atoms with E-state index < -0.39 is 0 Å². The van der Waals surface area contributed by atoms with Gasteiger partial charge in [-0.25, -0.2) is 9.97 Å². The third-order valence-corrected chi connectivity index (χ3v) is 7.85. The maximum atomic E-state index is 13.3. The number of nitrogens with zero attached hydrogens (tertiary/aromatic N) is 5. The Kier molecular flexibility index (Phi) is 6.89. The molecule has 0 aliphatic carbocycles. The highest BCUT2D eigenvalue weighted by Crippen LogP contribution is 2.28. The van der Waals surface area contributed by atoms with E-state index in [2.05, 4.69) is 35.4 Å². The predicted molar refractivity (Wildman–Crippen MR) is 165 cm³/mol. The first-order valence-corrected chi connectivity index (χ1v) is 14.2. The topological polar surface area (TPSA) is 115 Å². The maximum Gasteiger partial charge on any atom is 0.179 e. The van der Waals surface area contributed by atoms with Crippen LogP contribution in [0, 0.1) is 5.92 Å². The first kappa shape index (κ1) is 25.6. The number of hydrogen-bond acceptors (Lipinski definition) is 7. The zero-order valence-electron chi connectivity index (χ0n) is 23.0. The van der Waals surface area contributed by atoms with Gasteiger partial charge in [-0.3, -0.25) is 14.9 Å². The quantitative estimate of drug-likeness (QED) is 0.181. The molecular formula is C33H30N8O. The van der Waals surface area contributed by atoms with Crippen molar-refractivity contribution >= 4 is 33.9 Å². The van der Waals surface area contributed by atoms with E-state index in [-0.39, 0.29) is 5.78 Å². The molecule has 1 unspecified atom stereocenters. The van der Waals surface area contributed by atoms with Crippen molar-refractivity contribution in [3.05, 3.63) is 103 Å². The lowest BCUT2D eigenvalue weighted by atomic mass is 9.92. The number of anilines is 3. The molecule has 0 radical (unpaired) electrons. The third-order valence-electron chi connectivity index (χ3n) is 7.85. The van der Waals surface area contributed by atoms with E-state index in [9.17, 15) is 4.79 Å². The van der Waals surface area contributed by atoms with E-state index in [0.717, 1.165) is 59.2 Å². The lowest BCUT2D eigenvalue weighted by molar-refractivity contribution is 0.0952. The second-order valence-corrected chi connectivity index (χ2v) is 10.7. The summed E-state index contributed by atoms with van der Waals surface area (Å²) in [6, 6.07) is 22.0. The van der Waals surface area contributed by atoms with Crippen LogP contribution in [0.25, 0.3) is 33.4 Å². The Labute approximate surface area is 243 Å². The minimum atomic E-state index is 0.149. The van der Waals surface area contributed by atoms with Gasteiger partial charge in [-0.2, -0.15) is 5.10 Å². The van der Waals surface area contributed by atoms with Crippen molar-refractivity contribution in [2.75, 3.05) is 23.3 Å². The Morgan fingerprint density at radius 3 is 2.64 bits per heavy atom. The Morgan fingerprint density at radius 2 is 1.81 bits per heavy atom. The molecule has 0 amide bonds. The van der Waals surface area contributed by atoms with Crippen LogP contribution in [0.5, 0.6) is 0 Å². The fraction of sp³-hybridized carbons (Fsp3) is 0.182. The molecule has 2 aromatic carbocycles. The summed E-state index contributed by atoms with van der Waals surface area (Å²) in [6.07, 6.45) is 11.7. The highest BCUT2D eigenvalue weighted by Gasteiger charge is 2.24. The number of hydrogen-bond donors (Lipinski definition) is 3.